The Morgan fingerprint density at radius 3 is 2.17 bits per heavy atom. The molecule has 2 aromatic carbocycles. The zero-order chi connectivity index (χ0) is 17.1. The molecule has 0 bridgehead atoms. The van der Waals surface area contributed by atoms with Gasteiger partial charge >= 0.3 is 0 Å². The van der Waals surface area contributed by atoms with Crippen LogP contribution in [0.25, 0.3) is 0 Å². The number of benzene rings is 2. The molecule has 0 amide bonds. The third-order valence-electron chi connectivity index (χ3n) is 3.16. The predicted octanol–water partition coefficient (Wildman–Crippen LogP) is 1.71. The highest BCUT2D eigenvalue weighted by atomic mass is 32.2. The van der Waals surface area contributed by atoms with Gasteiger partial charge in [0.1, 0.15) is 12.3 Å². The molecule has 23 heavy (non-hydrogen) atoms. The minimum absolute atomic E-state index is 0.115. The summed E-state index contributed by atoms with van der Waals surface area (Å²) in [5.41, 5.74) is 5.76. The number of nitrogens with two attached hydrogens (primary N) is 1. The molecule has 1 unspecified atom stereocenters. The Hall–Kier alpha value is -1.93. The first-order valence-electron chi connectivity index (χ1n) is 6.97. The maximum Gasteiger partial charge on any atom is 0.254 e. The lowest BCUT2D eigenvalue weighted by molar-refractivity contribution is 0.0647. The minimum atomic E-state index is -3.62. The van der Waals surface area contributed by atoms with Crippen LogP contribution in [-0.4, -0.2) is 19.8 Å². The molecule has 1 atom stereocenters. The Labute approximate surface area is 136 Å². The van der Waals surface area contributed by atoms with E-state index in [1.807, 2.05) is 30.3 Å². The fourth-order valence-electron chi connectivity index (χ4n) is 1.99. The topological polar surface area (TPSA) is 92.9 Å². The minimum Gasteiger partial charge on any atom is -0.372 e. The number of hydrogen-bond donors (Lipinski definition) is 2. The molecule has 2 rings (SSSR count). The molecule has 0 heterocycles. The maximum atomic E-state index is 12.0. The van der Waals surface area contributed by atoms with Crippen molar-refractivity contribution in [3.8, 4) is 0 Å². The molecule has 3 N–H and O–H groups in total. The molecule has 0 spiro atoms. The molecule has 124 valence electrons. The van der Waals surface area contributed by atoms with E-state index in [1.54, 1.807) is 12.1 Å². The predicted molar refractivity (Wildman–Crippen MR) is 88.8 cm³/mol. The molecule has 0 radical (unpaired) electrons. The largest absolute Gasteiger partial charge is 0.372 e. The number of anilines is 1. The molecule has 0 fully saturated rings. The summed E-state index contributed by atoms with van der Waals surface area (Å²) in [5.74, 6) is 0. The van der Waals surface area contributed by atoms with E-state index in [1.165, 1.54) is 19.1 Å². The van der Waals surface area contributed by atoms with Gasteiger partial charge in [0.25, 0.3) is 10.0 Å². The SMILES string of the molecule is CC(N)(O)c1ccc(N(OCc2ccccc2)S(C)(=O)=O)cc1. The summed E-state index contributed by atoms with van der Waals surface area (Å²) in [6.45, 7) is 1.56. The zero-order valence-electron chi connectivity index (χ0n) is 13.0. The molecule has 0 aliphatic heterocycles. The van der Waals surface area contributed by atoms with Crippen molar-refractivity contribution in [2.45, 2.75) is 19.3 Å². The fraction of sp³-hybridized carbons (Fsp3) is 0.250. The third-order valence-corrected chi connectivity index (χ3v) is 4.07. The van der Waals surface area contributed by atoms with E-state index in [-0.39, 0.29) is 6.61 Å². The lowest BCUT2D eigenvalue weighted by Crippen LogP contribution is -2.33. The first kappa shape index (κ1) is 17.4. The molecule has 0 aliphatic rings. The van der Waals surface area contributed by atoms with E-state index in [0.29, 0.717) is 11.3 Å². The Bertz CT molecular complexity index is 738. The molecule has 0 saturated carbocycles. The average Bonchev–Trinajstić information content (AvgIpc) is 2.47. The standard InChI is InChI=1S/C16H20N2O4S/c1-16(17,19)14-8-10-15(11-9-14)18(23(2,20)21)22-12-13-6-4-3-5-7-13/h3-11,19H,12,17H2,1-2H3. The van der Waals surface area contributed by atoms with Gasteiger partial charge in [-0.05, 0) is 30.2 Å². The third kappa shape index (κ3) is 4.77. The number of hydrogen-bond acceptors (Lipinski definition) is 5. The van der Waals surface area contributed by atoms with Gasteiger partial charge in [0.2, 0.25) is 0 Å². The van der Waals surface area contributed by atoms with Crippen molar-refractivity contribution in [1.82, 2.24) is 0 Å². The van der Waals surface area contributed by atoms with Crippen LogP contribution in [-0.2, 0) is 27.2 Å². The van der Waals surface area contributed by atoms with Crippen LogP contribution < -0.4 is 10.2 Å². The van der Waals surface area contributed by atoms with Crippen molar-refractivity contribution < 1.29 is 18.4 Å². The second-order valence-electron chi connectivity index (χ2n) is 5.44. The average molecular weight is 336 g/mol. The summed E-state index contributed by atoms with van der Waals surface area (Å²) in [6, 6.07) is 15.4. The van der Waals surface area contributed by atoms with Crippen molar-refractivity contribution in [1.29, 1.82) is 0 Å². The van der Waals surface area contributed by atoms with Gasteiger partial charge in [-0.25, -0.2) is 8.42 Å². The molecule has 6 nitrogen and oxygen atoms in total. The fourth-order valence-corrected chi connectivity index (χ4v) is 2.74. The summed E-state index contributed by atoms with van der Waals surface area (Å²) >= 11 is 0. The van der Waals surface area contributed by atoms with Crippen molar-refractivity contribution in [3.05, 3.63) is 65.7 Å². The Balaban J connectivity index is 2.22. The maximum absolute atomic E-state index is 12.0. The monoisotopic (exact) mass is 336 g/mol. The number of aliphatic hydroxyl groups is 1. The van der Waals surface area contributed by atoms with Gasteiger partial charge in [0.15, 0.2) is 0 Å². The Kier molecular flexibility index (Phi) is 5.06. The van der Waals surface area contributed by atoms with Gasteiger partial charge in [-0.3, -0.25) is 4.84 Å². The molecular weight excluding hydrogens is 316 g/mol. The molecule has 2 aromatic rings. The van der Waals surface area contributed by atoms with Crippen molar-refractivity contribution >= 4 is 15.7 Å². The van der Waals surface area contributed by atoms with E-state index in [0.717, 1.165) is 16.3 Å². The normalized spacial score (nSPS) is 14.3. The summed E-state index contributed by atoms with van der Waals surface area (Å²) < 4.78 is 24.8. The van der Waals surface area contributed by atoms with E-state index in [2.05, 4.69) is 0 Å². The molecular formula is C16H20N2O4S. The van der Waals surface area contributed by atoms with Gasteiger partial charge in [-0.2, -0.15) is 0 Å². The first-order chi connectivity index (χ1) is 10.7. The quantitative estimate of drug-likeness (QED) is 0.619. The second kappa shape index (κ2) is 6.67. The molecule has 7 heteroatoms. The lowest BCUT2D eigenvalue weighted by atomic mass is 10.1. The zero-order valence-corrected chi connectivity index (χ0v) is 13.8. The van der Waals surface area contributed by atoms with Crippen LogP contribution in [0.2, 0.25) is 0 Å². The van der Waals surface area contributed by atoms with E-state index >= 15 is 0 Å². The lowest BCUT2D eigenvalue weighted by Gasteiger charge is -2.23. The van der Waals surface area contributed by atoms with Crippen LogP contribution in [0.5, 0.6) is 0 Å². The van der Waals surface area contributed by atoms with Crippen LogP contribution in [0.1, 0.15) is 18.1 Å². The smallest absolute Gasteiger partial charge is 0.254 e. The highest BCUT2D eigenvalue weighted by Gasteiger charge is 2.21. The highest BCUT2D eigenvalue weighted by molar-refractivity contribution is 7.91. The van der Waals surface area contributed by atoms with Crippen molar-refractivity contribution in [2.24, 2.45) is 5.73 Å². The van der Waals surface area contributed by atoms with Crippen LogP contribution in [0.3, 0.4) is 0 Å². The van der Waals surface area contributed by atoms with Crippen LogP contribution in [0.4, 0.5) is 5.69 Å². The first-order valence-corrected chi connectivity index (χ1v) is 8.82. The van der Waals surface area contributed by atoms with Crippen LogP contribution >= 0.6 is 0 Å². The van der Waals surface area contributed by atoms with Crippen molar-refractivity contribution in [3.63, 3.8) is 0 Å². The Morgan fingerprint density at radius 2 is 1.70 bits per heavy atom. The van der Waals surface area contributed by atoms with Crippen LogP contribution in [0.15, 0.2) is 54.6 Å². The van der Waals surface area contributed by atoms with Gasteiger partial charge in [-0.15, -0.1) is 4.47 Å². The molecule has 0 aliphatic carbocycles. The van der Waals surface area contributed by atoms with Gasteiger partial charge in [0.05, 0.1) is 11.9 Å². The van der Waals surface area contributed by atoms with E-state index in [4.69, 9.17) is 10.6 Å². The second-order valence-corrected chi connectivity index (χ2v) is 7.24. The van der Waals surface area contributed by atoms with Gasteiger partial charge in [0, 0.05) is 0 Å². The summed E-state index contributed by atoms with van der Waals surface area (Å²) in [4.78, 5) is 5.46. The van der Waals surface area contributed by atoms with Crippen molar-refractivity contribution in [2.75, 3.05) is 10.7 Å². The Morgan fingerprint density at radius 1 is 1.13 bits per heavy atom. The van der Waals surface area contributed by atoms with Gasteiger partial charge < -0.3 is 10.8 Å². The number of sulfonamides is 1. The number of rotatable bonds is 6. The summed E-state index contributed by atoms with van der Waals surface area (Å²) in [7, 11) is -3.62. The number of nitrogens with zero attached hydrogens (tertiary/aromatic N) is 1. The summed E-state index contributed by atoms with van der Waals surface area (Å²) in [6.07, 6.45) is 1.06. The van der Waals surface area contributed by atoms with E-state index in [9.17, 15) is 13.5 Å². The van der Waals surface area contributed by atoms with Gasteiger partial charge in [-0.1, -0.05) is 42.5 Å². The summed E-state index contributed by atoms with van der Waals surface area (Å²) in [5, 5.41) is 9.75. The van der Waals surface area contributed by atoms with E-state index < -0.39 is 15.7 Å². The molecule has 0 aromatic heterocycles. The van der Waals surface area contributed by atoms with Crippen LogP contribution in [0, 0.1) is 0 Å². The molecule has 0 saturated heterocycles. The highest BCUT2D eigenvalue weighted by Crippen LogP contribution is 2.23.